The molecule has 0 saturated carbocycles. The van der Waals surface area contributed by atoms with Gasteiger partial charge in [-0.3, -0.25) is 0 Å². The lowest BCUT2D eigenvalue weighted by molar-refractivity contribution is 0.474. The molecule has 0 amide bonds. The second-order valence-corrected chi connectivity index (χ2v) is 6.01. The number of rotatable bonds is 2. The average Bonchev–Trinajstić information content (AvgIpc) is 2.92. The Morgan fingerprint density at radius 1 is 1.20 bits per heavy atom. The summed E-state index contributed by atoms with van der Waals surface area (Å²) in [6.07, 6.45) is 0.728. The van der Waals surface area contributed by atoms with Crippen LogP contribution in [0.2, 0.25) is 5.02 Å². The van der Waals surface area contributed by atoms with E-state index in [0.29, 0.717) is 0 Å². The highest BCUT2D eigenvalue weighted by molar-refractivity contribution is 9.10. The first-order valence-electron chi connectivity index (χ1n) is 6.20. The van der Waals surface area contributed by atoms with Crippen molar-refractivity contribution in [3.8, 4) is 5.75 Å². The number of aromatic hydroxyl groups is 1. The van der Waals surface area contributed by atoms with Crippen molar-refractivity contribution in [2.75, 3.05) is 0 Å². The van der Waals surface area contributed by atoms with Gasteiger partial charge in [0.15, 0.2) is 0 Å². The third-order valence-corrected chi connectivity index (χ3v) is 4.04. The highest BCUT2D eigenvalue weighted by Crippen LogP contribution is 2.30. The molecule has 5 heteroatoms. The van der Waals surface area contributed by atoms with Crippen LogP contribution in [0.3, 0.4) is 0 Å². The Balaban J connectivity index is 1.82. The van der Waals surface area contributed by atoms with E-state index in [4.69, 9.17) is 11.6 Å². The zero-order valence-electron chi connectivity index (χ0n) is 10.5. The van der Waals surface area contributed by atoms with Crippen molar-refractivity contribution >= 4 is 33.2 Å². The molecule has 0 aromatic heterocycles. The van der Waals surface area contributed by atoms with Crippen LogP contribution in [0.4, 0.5) is 0 Å². The van der Waals surface area contributed by atoms with Gasteiger partial charge in [-0.15, -0.1) is 0 Å². The van der Waals surface area contributed by atoms with E-state index in [9.17, 15) is 5.11 Å². The van der Waals surface area contributed by atoms with Gasteiger partial charge in [-0.1, -0.05) is 39.7 Å². The van der Waals surface area contributed by atoms with Crippen LogP contribution in [0.15, 0.2) is 52.0 Å². The number of nitrogens with zero attached hydrogens (tertiary/aromatic N) is 1. The second kappa shape index (κ2) is 5.46. The summed E-state index contributed by atoms with van der Waals surface area (Å²) in [6.45, 7) is 0. The molecule has 1 heterocycles. The summed E-state index contributed by atoms with van der Waals surface area (Å²) >= 11 is 9.30. The van der Waals surface area contributed by atoms with Gasteiger partial charge in [0.05, 0.1) is 11.8 Å². The largest absolute Gasteiger partial charge is 0.507 e. The summed E-state index contributed by atoms with van der Waals surface area (Å²) in [6, 6.07) is 13.2. The number of hydrogen-bond acceptors (Lipinski definition) is 3. The van der Waals surface area contributed by atoms with Crippen LogP contribution >= 0.6 is 27.5 Å². The quantitative estimate of drug-likeness (QED) is 0.849. The zero-order valence-corrected chi connectivity index (χ0v) is 12.8. The summed E-state index contributed by atoms with van der Waals surface area (Å²) < 4.78 is 0.919. The van der Waals surface area contributed by atoms with Crippen molar-refractivity contribution in [3.63, 3.8) is 0 Å². The van der Waals surface area contributed by atoms with Gasteiger partial charge < -0.3 is 10.5 Å². The van der Waals surface area contributed by atoms with Crippen LogP contribution < -0.4 is 5.43 Å². The molecule has 2 N–H and O–H groups in total. The molecule has 1 aliphatic rings. The zero-order chi connectivity index (χ0) is 14.1. The summed E-state index contributed by atoms with van der Waals surface area (Å²) in [5.41, 5.74) is 5.84. The predicted molar refractivity (Wildman–Crippen MR) is 84.3 cm³/mol. The molecular formula is C15H12BrClN2O. The number of phenolic OH excluding ortho intramolecular Hbond substituents is 1. The number of halogens is 2. The minimum atomic E-state index is 0.112. The molecule has 20 heavy (non-hydrogen) atoms. The molecule has 0 saturated heterocycles. The van der Waals surface area contributed by atoms with Crippen molar-refractivity contribution in [1.82, 2.24) is 5.43 Å². The summed E-state index contributed by atoms with van der Waals surface area (Å²) in [4.78, 5) is 0. The van der Waals surface area contributed by atoms with Crippen LogP contribution in [0.5, 0.6) is 5.75 Å². The monoisotopic (exact) mass is 350 g/mol. The van der Waals surface area contributed by atoms with E-state index in [1.807, 2.05) is 30.3 Å². The molecule has 0 unspecified atom stereocenters. The maximum Gasteiger partial charge on any atom is 0.124 e. The molecule has 2 aromatic rings. The number of phenols is 1. The molecule has 3 nitrogen and oxygen atoms in total. The Morgan fingerprint density at radius 2 is 1.95 bits per heavy atom. The SMILES string of the molecule is Oc1ccc(Br)cc1C1=NN[C@H](c2ccc(Cl)cc2)C1. The fourth-order valence-corrected chi connectivity index (χ4v) is 2.72. The Kier molecular flexibility index (Phi) is 3.68. The molecular weight excluding hydrogens is 340 g/mol. The van der Waals surface area contributed by atoms with Gasteiger partial charge in [0, 0.05) is 21.5 Å². The third kappa shape index (κ3) is 2.67. The molecule has 1 aliphatic heterocycles. The van der Waals surface area contributed by atoms with E-state index in [1.54, 1.807) is 12.1 Å². The highest BCUT2D eigenvalue weighted by atomic mass is 79.9. The molecule has 0 aliphatic carbocycles. The van der Waals surface area contributed by atoms with E-state index in [2.05, 4.69) is 26.5 Å². The van der Waals surface area contributed by atoms with Gasteiger partial charge >= 0.3 is 0 Å². The van der Waals surface area contributed by atoms with E-state index in [-0.39, 0.29) is 11.8 Å². The Labute approximate surface area is 130 Å². The standard InChI is InChI=1S/C15H12BrClN2O/c16-10-3-6-15(20)12(7-10)14-8-13(18-19-14)9-1-4-11(17)5-2-9/h1-7,13,18,20H,8H2/t13-/m0/s1. The Bertz CT molecular complexity index is 670. The number of nitrogens with one attached hydrogen (secondary N) is 1. The van der Waals surface area contributed by atoms with Crippen molar-refractivity contribution in [2.45, 2.75) is 12.5 Å². The smallest absolute Gasteiger partial charge is 0.124 e. The van der Waals surface area contributed by atoms with Gasteiger partial charge in [-0.25, -0.2) is 0 Å². The highest BCUT2D eigenvalue weighted by Gasteiger charge is 2.23. The molecule has 2 aromatic carbocycles. The van der Waals surface area contributed by atoms with Crippen LogP contribution in [0.25, 0.3) is 0 Å². The van der Waals surface area contributed by atoms with Gasteiger partial charge in [-0.05, 0) is 35.9 Å². The van der Waals surface area contributed by atoms with Crippen LogP contribution in [0.1, 0.15) is 23.6 Å². The fraction of sp³-hybridized carbons (Fsp3) is 0.133. The van der Waals surface area contributed by atoms with Crippen molar-refractivity contribution in [1.29, 1.82) is 0 Å². The van der Waals surface area contributed by atoms with Gasteiger partial charge in [0.2, 0.25) is 0 Å². The summed E-state index contributed by atoms with van der Waals surface area (Å²) in [7, 11) is 0. The van der Waals surface area contributed by atoms with Gasteiger partial charge in [0.25, 0.3) is 0 Å². The first-order valence-corrected chi connectivity index (χ1v) is 7.37. The van der Waals surface area contributed by atoms with E-state index in [0.717, 1.165) is 32.8 Å². The topological polar surface area (TPSA) is 44.6 Å². The summed E-state index contributed by atoms with van der Waals surface area (Å²) in [5, 5.41) is 15.0. The average molecular weight is 352 g/mol. The predicted octanol–water partition coefficient (Wildman–Crippen LogP) is 4.25. The van der Waals surface area contributed by atoms with E-state index < -0.39 is 0 Å². The van der Waals surface area contributed by atoms with Crippen LogP contribution in [0, 0.1) is 0 Å². The lowest BCUT2D eigenvalue weighted by Gasteiger charge is -2.10. The first-order chi connectivity index (χ1) is 9.63. The molecule has 0 radical (unpaired) electrons. The molecule has 0 spiro atoms. The summed E-state index contributed by atoms with van der Waals surface area (Å²) in [5.74, 6) is 0.241. The second-order valence-electron chi connectivity index (χ2n) is 4.66. The van der Waals surface area contributed by atoms with Gasteiger partial charge in [-0.2, -0.15) is 5.10 Å². The van der Waals surface area contributed by atoms with Crippen molar-refractivity contribution < 1.29 is 5.11 Å². The van der Waals surface area contributed by atoms with E-state index >= 15 is 0 Å². The first kappa shape index (κ1) is 13.5. The maximum atomic E-state index is 9.94. The van der Waals surface area contributed by atoms with Crippen molar-refractivity contribution in [2.24, 2.45) is 5.10 Å². The lowest BCUT2D eigenvalue weighted by Crippen LogP contribution is -2.09. The minimum Gasteiger partial charge on any atom is -0.507 e. The van der Waals surface area contributed by atoms with Gasteiger partial charge in [0.1, 0.15) is 5.75 Å². The van der Waals surface area contributed by atoms with Crippen LogP contribution in [-0.4, -0.2) is 10.8 Å². The molecule has 102 valence electrons. The Hall–Kier alpha value is -1.52. The Morgan fingerprint density at radius 3 is 2.70 bits per heavy atom. The molecule has 1 atom stereocenters. The normalized spacial score (nSPS) is 17.7. The van der Waals surface area contributed by atoms with Crippen LogP contribution in [-0.2, 0) is 0 Å². The molecule has 3 rings (SSSR count). The minimum absolute atomic E-state index is 0.112. The molecule has 0 fully saturated rings. The number of hydrazone groups is 1. The molecule has 0 bridgehead atoms. The third-order valence-electron chi connectivity index (χ3n) is 3.29. The fourth-order valence-electron chi connectivity index (χ4n) is 2.24. The van der Waals surface area contributed by atoms with Crippen molar-refractivity contribution in [3.05, 3.63) is 63.1 Å². The number of hydrogen-bond donors (Lipinski definition) is 2. The maximum absolute atomic E-state index is 9.94. The number of benzene rings is 2. The van der Waals surface area contributed by atoms with E-state index in [1.165, 1.54) is 0 Å². The lowest BCUT2D eigenvalue weighted by atomic mass is 9.99.